The number of amidine groups is 1. The average molecular weight is 263 g/mol. The molecule has 0 bridgehead atoms. The van der Waals surface area contributed by atoms with Crippen LogP contribution in [0.25, 0.3) is 0 Å². The van der Waals surface area contributed by atoms with Gasteiger partial charge in [0.15, 0.2) is 5.84 Å². The second-order valence-electron chi connectivity index (χ2n) is 5.15. The number of hydrogen-bond donors (Lipinski definition) is 2. The number of methoxy groups -OCH3 is 1. The number of nitrogens with zero attached hydrogens (tertiary/aromatic N) is 2. The smallest absolute Gasteiger partial charge is 0.173 e. The lowest BCUT2D eigenvalue weighted by Crippen LogP contribution is -2.20. The number of nitrogens with two attached hydrogens (primary N) is 1. The third-order valence-corrected chi connectivity index (χ3v) is 3.56. The van der Waals surface area contributed by atoms with Crippen molar-refractivity contribution in [1.82, 2.24) is 4.90 Å². The Morgan fingerprint density at radius 1 is 1.58 bits per heavy atom. The summed E-state index contributed by atoms with van der Waals surface area (Å²) in [6, 6.07) is 5.79. The van der Waals surface area contributed by atoms with Crippen molar-refractivity contribution >= 4 is 5.84 Å². The SMILES string of the molecule is COc1cc(CN2CCC(C)C2)ccc1/C(N)=N/O. The molecule has 5 heteroatoms. The molecule has 2 rings (SSSR count). The highest BCUT2D eigenvalue weighted by molar-refractivity contribution is 5.99. The van der Waals surface area contributed by atoms with Crippen LogP contribution >= 0.6 is 0 Å². The Kier molecular flexibility index (Phi) is 4.27. The molecular formula is C14H21N3O2. The molecule has 5 nitrogen and oxygen atoms in total. The molecule has 19 heavy (non-hydrogen) atoms. The Hall–Kier alpha value is -1.75. The molecule has 0 aromatic heterocycles. The number of benzene rings is 1. The van der Waals surface area contributed by atoms with Crippen LogP contribution in [-0.4, -0.2) is 36.1 Å². The van der Waals surface area contributed by atoms with Crippen molar-refractivity contribution in [3.05, 3.63) is 29.3 Å². The first-order chi connectivity index (χ1) is 9.13. The molecule has 0 amide bonds. The van der Waals surface area contributed by atoms with Gasteiger partial charge in [0.2, 0.25) is 0 Å². The number of oxime groups is 1. The quantitative estimate of drug-likeness (QED) is 0.375. The van der Waals surface area contributed by atoms with E-state index in [1.54, 1.807) is 7.11 Å². The van der Waals surface area contributed by atoms with Crippen LogP contribution in [0.1, 0.15) is 24.5 Å². The monoisotopic (exact) mass is 263 g/mol. The highest BCUT2D eigenvalue weighted by atomic mass is 16.5. The van der Waals surface area contributed by atoms with Crippen LogP contribution in [0.3, 0.4) is 0 Å². The van der Waals surface area contributed by atoms with Crippen molar-refractivity contribution in [3.8, 4) is 5.75 Å². The van der Waals surface area contributed by atoms with Gasteiger partial charge in [-0.05, 0) is 36.6 Å². The number of hydrogen-bond acceptors (Lipinski definition) is 4. The maximum absolute atomic E-state index is 8.74. The molecule has 1 aromatic rings. The van der Waals surface area contributed by atoms with Gasteiger partial charge in [0.05, 0.1) is 12.7 Å². The van der Waals surface area contributed by atoms with E-state index >= 15 is 0 Å². The van der Waals surface area contributed by atoms with E-state index in [9.17, 15) is 0 Å². The molecule has 1 unspecified atom stereocenters. The number of likely N-dealkylation sites (tertiary alicyclic amines) is 1. The van der Waals surface area contributed by atoms with E-state index in [0.29, 0.717) is 11.3 Å². The van der Waals surface area contributed by atoms with Gasteiger partial charge >= 0.3 is 0 Å². The van der Waals surface area contributed by atoms with Crippen molar-refractivity contribution in [2.45, 2.75) is 19.9 Å². The van der Waals surface area contributed by atoms with Crippen LogP contribution in [0.5, 0.6) is 5.75 Å². The Labute approximate surface area is 113 Å². The summed E-state index contributed by atoms with van der Waals surface area (Å²) in [6.45, 7) is 5.48. The lowest BCUT2D eigenvalue weighted by atomic mass is 10.1. The molecule has 0 spiro atoms. The summed E-state index contributed by atoms with van der Waals surface area (Å²) in [5.74, 6) is 1.48. The zero-order chi connectivity index (χ0) is 13.8. The zero-order valence-corrected chi connectivity index (χ0v) is 11.5. The van der Waals surface area contributed by atoms with Crippen molar-refractivity contribution < 1.29 is 9.94 Å². The molecule has 1 heterocycles. The van der Waals surface area contributed by atoms with Crippen molar-refractivity contribution in [2.24, 2.45) is 16.8 Å². The van der Waals surface area contributed by atoms with E-state index in [4.69, 9.17) is 15.7 Å². The summed E-state index contributed by atoms with van der Waals surface area (Å²) < 4.78 is 5.30. The van der Waals surface area contributed by atoms with E-state index < -0.39 is 0 Å². The highest BCUT2D eigenvalue weighted by Gasteiger charge is 2.19. The van der Waals surface area contributed by atoms with Crippen LogP contribution in [0.2, 0.25) is 0 Å². The van der Waals surface area contributed by atoms with Gasteiger partial charge in [-0.25, -0.2) is 0 Å². The van der Waals surface area contributed by atoms with Crippen LogP contribution in [0.4, 0.5) is 0 Å². The minimum absolute atomic E-state index is 0.0678. The normalized spacial score (nSPS) is 20.7. The summed E-state index contributed by atoms with van der Waals surface area (Å²) in [6.07, 6.45) is 1.26. The summed E-state index contributed by atoms with van der Waals surface area (Å²) in [5.41, 5.74) is 7.41. The maximum atomic E-state index is 8.74. The number of ether oxygens (including phenoxy) is 1. The summed E-state index contributed by atoms with van der Waals surface area (Å²) in [5, 5.41) is 11.7. The molecule has 1 aliphatic rings. The Balaban J connectivity index is 2.15. The van der Waals surface area contributed by atoms with Gasteiger partial charge in [-0.3, -0.25) is 4.90 Å². The molecule has 1 atom stereocenters. The predicted molar refractivity (Wildman–Crippen MR) is 74.6 cm³/mol. The second kappa shape index (κ2) is 5.93. The van der Waals surface area contributed by atoms with Gasteiger partial charge in [-0.1, -0.05) is 18.1 Å². The molecule has 104 valence electrons. The zero-order valence-electron chi connectivity index (χ0n) is 11.5. The molecule has 0 radical (unpaired) electrons. The topological polar surface area (TPSA) is 71.1 Å². The second-order valence-corrected chi connectivity index (χ2v) is 5.15. The lowest BCUT2D eigenvalue weighted by molar-refractivity contribution is 0.317. The highest BCUT2D eigenvalue weighted by Crippen LogP contribution is 2.23. The molecule has 1 fully saturated rings. The van der Waals surface area contributed by atoms with Crippen LogP contribution in [-0.2, 0) is 6.54 Å². The minimum atomic E-state index is 0.0678. The Morgan fingerprint density at radius 2 is 2.37 bits per heavy atom. The molecule has 1 aromatic carbocycles. The first-order valence-electron chi connectivity index (χ1n) is 6.51. The molecule has 0 saturated carbocycles. The first-order valence-corrected chi connectivity index (χ1v) is 6.51. The third kappa shape index (κ3) is 3.17. The minimum Gasteiger partial charge on any atom is -0.496 e. The van der Waals surface area contributed by atoms with E-state index in [0.717, 1.165) is 25.6 Å². The van der Waals surface area contributed by atoms with Crippen molar-refractivity contribution in [3.63, 3.8) is 0 Å². The largest absolute Gasteiger partial charge is 0.496 e. The molecule has 1 aliphatic heterocycles. The maximum Gasteiger partial charge on any atom is 0.173 e. The van der Waals surface area contributed by atoms with E-state index in [1.165, 1.54) is 12.0 Å². The Morgan fingerprint density at radius 3 is 2.95 bits per heavy atom. The summed E-state index contributed by atoms with van der Waals surface area (Å²) in [4.78, 5) is 2.43. The fourth-order valence-electron chi connectivity index (χ4n) is 2.53. The van der Waals surface area contributed by atoms with Crippen LogP contribution in [0.15, 0.2) is 23.4 Å². The van der Waals surface area contributed by atoms with Gasteiger partial charge in [0.25, 0.3) is 0 Å². The van der Waals surface area contributed by atoms with Crippen LogP contribution < -0.4 is 10.5 Å². The van der Waals surface area contributed by atoms with E-state index in [1.807, 2.05) is 18.2 Å². The third-order valence-electron chi connectivity index (χ3n) is 3.56. The van der Waals surface area contributed by atoms with Gasteiger partial charge in [-0.15, -0.1) is 0 Å². The average Bonchev–Trinajstić information content (AvgIpc) is 2.83. The van der Waals surface area contributed by atoms with Crippen LogP contribution in [0, 0.1) is 5.92 Å². The summed E-state index contributed by atoms with van der Waals surface area (Å²) >= 11 is 0. The van der Waals surface area contributed by atoms with E-state index in [2.05, 4.69) is 17.0 Å². The van der Waals surface area contributed by atoms with Gasteiger partial charge in [0, 0.05) is 13.1 Å². The number of rotatable bonds is 4. The van der Waals surface area contributed by atoms with Crippen molar-refractivity contribution in [2.75, 3.05) is 20.2 Å². The van der Waals surface area contributed by atoms with Crippen molar-refractivity contribution in [1.29, 1.82) is 0 Å². The molecule has 1 saturated heterocycles. The van der Waals surface area contributed by atoms with Gasteiger partial charge < -0.3 is 15.7 Å². The van der Waals surface area contributed by atoms with Gasteiger partial charge in [-0.2, -0.15) is 0 Å². The predicted octanol–water partition coefficient (Wildman–Crippen LogP) is 1.63. The first kappa shape index (κ1) is 13.7. The van der Waals surface area contributed by atoms with E-state index in [-0.39, 0.29) is 5.84 Å². The van der Waals surface area contributed by atoms with Gasteiger partial charge in [0.1, 0.15) is 5.75 Å². The fourth-order valence-corrected chi connectivity index (χ4v) is 2.53. The molecular weight excluding hydrogens is 242 g/mol. The standard InChI is InChI=1S/C14H21N3O2/c1-10-5-6-17(8-10)9-11-3-4-12(14(15)16-18)13(7-11)19-2/h3-4,7,10,18H,5-6,8-9H2,1-2H3,(H2,15,16). The fraction of sp³-hybridized carbons (Fsp3) is 0.500. The molecule has 0 aliphatic carbocycles. The molecule has 3 N–H and O–H groups in total. The summed E-state index contributed by atoms with van der Waals surface area (Å²) in [7, 11) is 1.59. The Bertz CT molecular complexity index is 474. The lowest BCUT2D eigenvalue weighted by Gasteiger charge is -2.16.